The maximum absolute atomic E-state index is 13.9. The lowest BCUT2D eigenvalue weighted by molar-refractivity contribution is -0.134. The summed E-state index contributed by atoms with van der Waals surface area (Å²) in [6.07, 6.45) is 8.26. The second-order valence-electron chi connectivity index (χ2n) is 9.85. The van der Waals surface area contributed by atoms with E-state index in [2.05, 4.69) is 5.32 Å². The second kappa shape index (κ2) is 9.64. The summed E-state index contributed by atoms with van der Waals surface area (Å²) in [5, 5.41) is 3.31. The molecule has 7 nitrogen and oxygen atoms in total. The maximum Gasteiger partial charge on any atom is 0.271 e. The fourth-order valence-corrected chi connectivity index (χ4v) is 5.38. The lowest BCUT2D eigenvalue weighted by Gasteiger charge is -2.45. The van der Waals surface area contributed by atoms with Gasteiger partial charge in [-0.2, -0.15) is 0 Å². The summed E-state index contributed by atoms with van der Waals surface area (Å²) >= 11 is 0. The molecule has 3 aromatic rings. The minimum absolute atomic E-state index is 0.106. The van der Waals surface area contributed by atoms with Crippen LogP contribution >= 0.6 is 0 Å². The number of amides is 2. The third-order valence-electron chi connectivity index (χ3n) is 7.43. The topological polar surface area (TPSA) is 76.7 Å². The number of aromatic nitrogens is 1. The number of nitrogens with zero attached hydrogens (tertiary/aromatic N) is 2. The molecule has 3 heterocycles. The van der Waals surface area contributed by atoms with Crippen molar-refractivity contribution in [3.8, 4) is 17.2 Å². The van der Waals surface area contributed by atoms with Gasteiger partial charge < -0.3 is 23.9 Å². The standard InChI is InChI=1S/C28H33N3O4/c1-28(27(33)29-21-10-5-3-4-6-11-21)19-30-23(25-13-8-16-35-25)14-15-24(30)26(32)31(28)18-20-9-7-12-22(17-20)34-2/h7-9,12-17,21H,3-6,10-11,18-19H2,1-2H3,(H,29,33). The Balaban J connectivity index is 1.52. The van der Waals surface area contributed by atoms with Crippen molar-refractivity contribution < 1.29 is 18.7 Å². The first-order valence-corrected chi connectivity index (χ1v) is 12.5. The number of rotatable bonds is 6. The van der Waals surface area contributed by atoms with Crippen molar-refractivity contribution in [1.82, 2.24) is 14.8 Å². The molecule has 1 unspecified atom stereocenters. The zero-order valence-electron chi connectivity index (χ0n) is 20.5. The average Bonchev–Trinajstić information content (AvgIpc) is 3.47. The summed E-state index contributed by atoms with van der Waals surface area (Å²) in [7, 11) is 1.62. The highest BCUT2D eigenvalue weighted by Gasteiger charge is 2.48. The molecule has 2 amide bonds. The molecule has 1 aromatic carbocycles. The highest BCUT2D eigenvalue weighted by Crippen LogP contribution is 2.35. The number of hydrogen-bond donors (Lipinski definition) is 1. The van der Waals surface area contributed by atoms with Crippen LogP contribution in [0.1, 0.15) is 61.5 Å². The molecular formula is C28H33N3O4. The Labute approximate surface area is 206 Å². The van der Waals surface area contributed by atoms with Gasteiger partial charge >= 0.3 is 0 Å². The van der Waals surface area contributed by atoms with E-state index >= 15 is 0 Å². The molecule has 1 atom stereocenters. The van der Waals surface area contributed by atoms with Crippen LogP contribution in [0, 0.1) is 0 Å². The molecule has 184 valence electrons. The molecule has 2 aromatic heterocycles. The Bertz CT molecular complexity index is 1190. The van der Waals surface area contributed by atoms with Gasteiger partial charge in [-0.05, 0) is 61.7 Å². The van der Waals surface area contributed by atoms with E-state index in [0.29, 0.717) is 24.5 Å². The predicted molar refractivity (Wildman–Crippen MR) is 133 cm³/mol. The number of furan rings is 1. The van der Waals surface area contributed by atoms with Crippen LogP contribution in [0.2, 0.25) is 0 Å². The average molecular weight is 476 g/mol. The van der Waals surface area contributed by atoms with Crippen molar-refractivity contribution in [2.24, 2.45) is 0 Å². The zero-order valence-corrected chi connectivity index (χ0v) is 20.5. The van der Waals surface area contributed by atoms with E-state index in [9.17, 15) is 9.59 Å². The van der Waals surface area contributed by atoms with Gasteiger partial charge in [0.1, 0.15) is 22.7 Å². The molecule has 1 saturated carbocycles. The van der Waals surface area contributed by atoms with Crippen molar-refractivity contribution in [3.63, 3.8) is 0 Å². The van der Waals surface area contributed by atoms with Crippen LogP contribution in [0.15, 0.2) is 59.2 Å². The molecule has 0 spiro atoms. The number of carbonyl (C=O) groups is 2. The molecule has 0 saturated heterocycles. The van der Waals surface area contributed by atoms with E-state index in [4.69, 9.17) is 9.15 Å². The highest BCUT2D eigenvalue weighted by atomic mass is 16.5. The van der Waals surface area contributed by atoms with Crippen molar-refractivity contribution >= 4 is 11.8 Å². The van der Waals surface area contributed by atoms with Gasteiger partial charge in [0.15, 0.2) is 0 Å². The highest BCUT2D eigenvalue weighted by molar-refractivity contribution is 6.00. The van der Waals surface area contributed by atoms with Gasteiger partial charge in [-0.1, -0.05) is 37.8 Å². The van der Waals surface area contributed by atoms with Crippen molar-refractivity contribution in [1.29, 1.82) is 0 Å². The summed E-state index contributed by atoms with van der Waals surface area (Å²) < 4.78 is 12.9. The molecule has 0 radical (unpaired) electrons. The van der Waals surface area contributed by atoms with Crippen LogP contribution in [0.5, 0.6) is 5.75 Å². The molecule has 1 aliphatic carbocycles. The smallest absolute Gasteiger partial charge is 0.271 e. The molecule has 7 heteroatoms. The molecule has 2 aliphatic rings. The third-order valence-corrected chi connectivity index (χ3v) is 7.43. The zero-order chi connectivity index (χ0) is 24.4. The third kappa shape index (κ3) is 4.47. The second-order valence-corrected chi connectivity index (χ2v) is 9.85. The SMILES string of the molecule is COc1cccc(CN2C(=O)c3ccc(-c4ccco4)n3CC2(C)C(=O)NC2CCCCCC2)c1. The van der Waals surface area contributed by atoms with Crippen molar-refractivity contribution in [3.05, 3.63) is 66.1 Å². The van der Waals surface area contributed by atoms with E-state index in [1.54, 1.807) is 18.3 Å². The van der Waals surface area contributed by atoms with Gasteiger partial charge in [0, 0.05) is 12.6 Å². The molecule has 1 N–H and O–H groups in total. The van der Waals surface area contributed by atoms with Gasteiger partial charge in [-0.25, -0.2) is 0 Å². The fourth-order valence-electron chi connectivity index (χ4n) is 5.38. The summed E-state index contributed by atoms with van der Waals surface area (Å²) in [6, 6.07) is 15.2. The Morgan fingerprint density at radius 1 is 1.09 bits per heavy atom. The quantitative estimate of drug-likeness (QED) is 0.509. The van der Waals surface area contributed by atoms with Crippen LogP contribution < -0.4 is 10.1 Å². The number of methoxy groups -OCH3 is 1. The molecular weight excluding hydrogens is 442 g/mol. The van der Waals surface area contributed by atoms with Crippen LogP contribution in [0.3, 0.4) is 0 Å². The number of carbonyl (C=O) groups excluding carboxylic acids is 2. The first-order chi connectivity index (χ1) is 17.0. The summed E-state index contributed by atoms with van der Waals surface area (Å²) in [4.78, 5) is 29.5. The number of hydrogen-bond acceptors (Lipinski definition) is 4. The maximum atomic E-state index is 13.9. The van der Waals surface area contributed by atoms with Gasteiger partial charge in [0.2, 0.25) is 5.91 Å². The van der Waals surface area contributed by atoms with E-state index < -0.39 is 5.54 Å². The first-order valence-electron chi connectivity index (χ1n) is 12.5. The van der Waals surface area contributed by atoms with Crippen LogP contribution in [0.25, 0.3) is 11.5 Å². The molecule has 1 fully saturated rings. The lowest BCUT2D eigenvalue weighted by Crippen LogP contribution is -2.64. The molecule has 5 rings (SSSR count). The Kier molecular flexibility index (Phi) is 6.41. The Morgan fingerprint density at radius 3 is 2.57 bits per heavy atom. The van der Waals surface area contributed by atoms with Crippen molar-refractivity contribution in [2.75, 3.05) is 7.11 Å². The van der Waals surface area contributed by atoms with E-state index in [0.717, 1.165) is 42.7 Å². The van der Waals surface area contributed by atoms with Gasteiger partial charge in [-0.3, -0.25) is 9.59 Å². The first kappa shape index (κ1) is 23.3. The fraction of sp³-hybridized carbons (Fsp3) is 0.429. The summed E-state index contributed by atoms with van der Waals surface area (Å²) in [6.45, 7) is 2.54. The summed E-state index contributed by atoms with van der Waals surface area (Å²) in [5.74, 6) is 1.12. The van der Waals surface area contributed by atoms with Crippen LogP contribution in [0.4, 0.5) is 0 Å². The lowest BCUT2D eigenvalue weighted by atomic mass is 9.92. The van der Waals surface area contributed by atoms with Crippen LogP contribution in [-0.2, 0) is 17.9 Å². The minimum atomic E-state index is -1.07. The van der Waals surface area contributed by atoms with E-state index in [-0.39, 0.29) is 17.9 Å². The molecule has 35 heavy (non-hydrogen) atoms. The normalized spacial score (nSPS) is 20.9. The largest absolute Gasteiger partial charge is 0.497 e. The summed E-state index contributed by atoms with van der Waals surface area (Å²) in [5.41, 5.74) is 1.20. The molecule has 0 bridgehead atoms. The Morgan fingerprint density at radius 2 is 1.86 bits per heavy atom. The van der Waals surface area contributed by atoms with Crippen molar-refractivity contribution in [2.45, 2.75) is 70.1 Å². The number of fused-ring (bicyclic) bond motifs is 1. The van der Waals surface area contributed by atoms with Gasteiger partial charge in [-0.15, -0.1) is 0 Å². The Hall–Kier alpha value is -3.48. The van der Waals surface area contributed by atoms with Gasteiger partial charge in [0.25, 0.3) is 5.91 Å². The monoisotopic (exact) mass is 475 g/mol. The predicted octanol–water partition coefficient (Wildman–Crippen LogP) is 5.01. The van der Waals surface area contributed by atoms with E-state index in [1.807, 2.05) is 60.0 Å². The molecule has 1 aliphatic heterocycles. The number of ether oxygens (including phenoxy) is 1. The van der Waals surface area contributed by atoms with E-state index in [1.165, 1.54) is 12.8 Å². The number of nitrogens with one attached hydrogen (secondary N) is 1. The minimum Gasteiger partial charge on any atom is -0.497 e. The van der Waals surface area contributed by atoms with Gasteiger partial charge in [0.05, 0.1) is 25.6 Å². The number of benzene rings is 1. The van der Waals surface area contributed by atoms with Crippen LogP contribution in [-0.4, -0.2) is 40.0 Å².